The minimum Gasteiger partial charge on any atom is -0.454 e. The molecule has 0 saturated heterocycles. The van der Waals surface area contributed by atoms with Crippen LogP contribution in [0.4, 0.5) is 11.5 Å². The molecule has 0 atom stereocenters. The van der Waals surface area contributed by atoms with Crippen molar-refractivity contribution in [2.45, 2.75) is 0 Å². The van der Waals surface area contributed by atoms with E-state index in [1.54, 1.807) is 24.3 Å². The van der Waals surface area contributed by atoms with Gasteiger partial charge in [0.2, 0.25) is 18.4 Å². The zero-order valence-electron chi connectivity index (χ0n) is 17.0. The van der Waals surface area contributed by atoms with Crippen LogP contribution in [0.1, 0.15) is 16.1 Å². The van der Waals surface area contributed by atoms with E-state index in [0.29, 0.717) is 22.6 Å². The van der Waals surface area contributed by atoms with E-state index in [9.17, 15) is 14.9 Å². The van der Waals surface area contributed by atoms with Gasteiger partial charge < -0.3 is 15.2 Å². The molecule has 0 unspecified atom stereocenters. The number of nitro benzene ring substituents is 1. The Bertz CT molecular complexity index is 1440. The summed E-state index contributed by atoms with van der Waals surface area (Å²) in [5.74, 6) is 0.252. The highest BCUT2D eigenvalue weighted by molar-refractivity contribution is 5.99. The van der Waals surface area contributed by atoms with Crippen LogP contribution in [-0.4, -0.2) is 49.1 Å². The van der Waals surface area contributed by atoms with Crippen molar-refractivity contribution >= 4 is 23.6 Å². The fraction of sp³-hybridized carbons (Fsp3) is 0.0526. The number of benzene rings is 2. The van der Waals surface area contributed by atoms with Crippen molar-refractivity contribution in [3.8, 4) is 28.6 Å². The zero-order chi connectivity index (χ0) is 23.7. The Morgan fingerprint density at radius 3 is 2.85 bits per heavy atom. The number of nitrogens with zero attached hydrogens (tertiary/aromatic N) is 7. The van der Waals surface area contributed by atoms with Gasteiger partial charge in [0.1, 0.15) is 5.69 Å². The highest BCUT2D eigenvalue weighted by Crippen LogP contribution is 2.37. The first-order chi connectivity index (χ1) is 16.5. The van der Waals surface area contributed by atoms with E-state index in [2.05, 4.69) is 35.8 Å². The lowest BCUT2D eigenvalue weighted by Crippen LogP contribution is -2.19. The molecule has 0 radical (unpaired) electrons. The normalized spacial score (nSPS) is 12.2. The molecule has 4 aromatic rings. The van der Waals surface area contributed by atoms with Crippen LogP contribution in [0.25, 0.3) is 17.1 Å². The maximum Gasteiger partial charge on any atom is 0.294 e. The van der Waals surface area contributed by atoms with E-state index >= 15 is 0 Å². The van der Waals surface area contributed by atoms with Gasteiger partial charge in [-0.1, -0.05) is 17.3 Å². The van der Waals surface area contributed by atoms with Crippen molar-refractivity contribution in [3.63, 3.8) is 0 Å². The minimum absolute atomic E-state index is 0.0271. The number of nitrogens with two attached hydrogens (primary N) is 1. The van der Waals surface area contributed by atoms with Crippen molar-refractivity contribution < 1.29 is 23.8 Å². The number of rotatable bonds is 6. The molecule has 3 heterocycles. The summed E-state index contributed by atoms with van der Waals surface area (Å²) in [7, 11) is 0. The third-order valence-corrected chi connectivity index (χ3v) is 4.69. The number of amides is 1. The summed E-state index contributed by atoms with van der Waals surface area (Å²) >= 11 is 0. The molecule has 2 aromatic heterocycles. The zero-order valence-corrected chi connectivity index (χ0v) is 17.0. The molecular weight excluding hydrogens is 450 g/mol. The van der Waals surface area contributed by atoms with Crippen molar-refractivity contribution in [1.82, 2.24) is 30.7 Å². The van der Waals surface area contributed by atoms with Gasteiger partial charge in [0, 0.05) is 23.3 Å². The van der Waals surface area contributed by atoms with Crippen LogP contribution in [0.15, 0.2) is 52.2 Å². The number of carbonyl (C=O) groups excluding carboxylic acids is 1. The summed E-state index contributed by atoms with van der Waals surface area (Å²) < 4.78 is 16.6. The number of nitrogen functional groups attached to an aromatic ring is 1. The standard InChI is InChI=1S/C19H13N9O6/c20-17-18(25-34-24-17)27-16(11-4-5-13-14(7-11)33-9-32-13)15(22-26-27)19(29)23-21-8-10-2-1-3-12(6-10)28(30)31/h1-8H,9H2,(H2,20,24)(H,23,29). The molecule has 0 bridgehead atoms. The highest BCUT2D eigenvalue weighted by atomic mass is 16.7. The van der Waals surface area contributed by atoms with Crippen LogP contribution in [0, 0.1) is 10.1 Å². The van der Waals surface area contributed by atoms with E-state index in [1.807, 2.05) is 0 Å². The molecule has 1 amide bonds. The second-order valence-corrected chi connectivity index (χ2v) is 6.79. The summed E-state index contributed by atoms with van der Waals surface area (Å²) in [6.07, 6.45) is 1.26. The maximum absolute atomic E-state index is 12.9. The first kappa shape index (κ1) is 20.6. The van der Waals surface area contributed by atoms with Gasteiger partial charge >= 0.3 is 0 Å². The molecule has 0 saturated carbocycles. The average molecular weight is 463 g/mol. The fourth-order valence-corrected chi connectivity index (χ4v) is 3.16. The van der Waals surface area contributed by atoms with Crippen LogP contribution in [0.5, 0.6) is 11.5 Å². The van der Waals surface area contributed by atoms with Crippen LogP contribution in [0.2, 0.25) is 0 Å². The first-order valence-electron chi connectivity index (χ1n) is 9.53. The summed E-state index contributed by atoms with van der Waals surface area (Å²) in [4.78, 5) is 23.3. The van der Waals surface area contributed by atoms with Gasteiger partial charge in [0.25, 0.3) is 11.6 Å². The van der Waals surface area contributed by atoms with Gasteiger partial charge in [-0.25, -0.2) is 10.1 Å². The number of fused-ring (bicyclic) bond motifs is 1. The predicted molar refractivity (Wildman–Crippen MR) is 113 cm³/mol. The van der Waals surface area contributed by atoms with Crippen molar-refractivity contribution in [2.75, 3.05) is 12.5 Å². The Hall–Kier alpha value is -5.34. The average Bonchev–Trinajstić information content (AvgIpc) is 3.57. The van der Waals surface area contributed by atoms with Gasteiger partial charge in [-0.05, 0) is 28.5 Å². The Kier molecular flexibility index (Phi) is 5.02. The molecule has 5 rings (SSSR count). The lowest BCUT2D eigenvalue weighted by atomic mass is 10.1. The Morgan fingerprint density at radius 1 is 1.21 bits per heavy atom. The van der Waals surface area contributed by atoms with E-state index in [-0.39, 0.29) is 35.5 Å². The van der Waals surface area contributed by atoms with Crippen molar-refractivity contribution in [3.05, 3.63) is 63.8 Å². The van der Waals surface area contributed by atoms with Crippen molar-refractivity contribution in [2.24, 2.45) is 5.10 Å². The smallest absolute Gasteiger partial charge is 0.294 e. The maximum atomic E-state index is 12.9. The molecule has 1 aliphatic rings. The van der Waals surface area contributed by atoms with Crippen LogP contribution < -0.4 is 20.6 Å². The number of hydrazone groups is 1. The van der Waals surface area contributed by atoms with Gasteiger partial charge in [0.05, 0.1) is 11.1 Å². The molecule has 15 heteroatoms. The third kappa shape index (κ3) is 3.72. The summed E-state index contributed by atoms with van der Waals surface area (Å²) in [5.41, 5.74) is 9.02. The van der Waals surface area contributed by atoms with Crippen LogP contribution >= 0.6 is 0 Å². The summed E-state index contributed by atoms with van der Waals surface area (Å²) in [6, 6.07) is 10.7. The molecule has 1 aliphatic heterocycles. The largest absolute Gasteiger partial charge is 0.454 e. The van der Waals surface area contributed by atoms with Gasteiger partial charge in [-0.3, -0.25) is 14.9 Å². The number of nitro groups is 1. The topological polar surface area (TPSA) is 199 Å². The number of nitrogens with one attached hydrogen (secondary N) is 1. The molecule has 0 spiro atoms. The molecule has 2 aromatic carbocycles. The molecule has 3 N–H and O–H groups in total. The van der Waals surface area contributed by atoms with Gasteiger partial charge in [-0.15, -0.1) is 5.10 Å². The third-order valence-electron chi connectivity index (χ3n) is 4.69. The fourth-order valence-electron chi connectivity index (χ4n) is 3.16. The predicted octanol–water partition coefficient (Wildman–Crippen LogP) is 1.30. The van der Waals surface area contributed by atoms with Gasteiger partial charge in [0.15, 0.2) is 17.2 Å². The number of carbonyl (C=O) groups is 1. The number of hydrogen-bond donors (Lipinski definition) is 2. The molecule has 15 nitrogen and oxygen atoms in total. The quantitative estimate of drug-likeness (QED) is 0.237. The number of anilines is 1. The molecule has 34 heavy (non-hydrogen) atoms. The van der Waals surface area contributed by atoms with E-state index in [4.69, 9.17) is 15.2 Å². The van der Waals surface area contributed by atoms with Crippen LogP contribution in [-0.2, 0) is 0 Å². The van der Waals surface area contributed by atoms with Gasteiger partial charge in [-0.2, -0.15) is 9.78 Å². The lowest BCUT2D eigenvalue weighted by molar-refractivity contribution is -0.384. The monoisotopic (exact) mass is 463 g/mol. The number of ether oxygens (including phenoxy) is 2. The molecule has 0 fully saturated rings. The Labute approximate surface area is 188 Å². The summed E-state index contributed by atoms with van der Waals surface area (Å²) in [6.45, 7) is 0.0656. The van der Waals surface area contributed by atoms with E-state index in [1.165, 1.54) is 29.1 Å². The highest BCUT2D eigenvalue weighted by Gasteiger charge is 2.26. The lowest BCUT2D eigenvalue weighted by Gasteiger charge is -2.07. The van der Waals surface area contributed by atoms with E-state index < -0.39 is 10.8 Å². The summed E-state index contributed by atoms with van der Waals surface area (Å²) in [5, 5.41) is 29.9. The van der Waals surface area contributed by atoms with E-state index in [0.717, 1.165) is 0 Å². The Balaban J connectivity index is 1.48. The molecule has 0 aliphatic carbocycles. The molecule has 170 valence electrons. The van der Waals surface area contributed by atoms with Crippen LogP contribution in [0.3, 0.4) is 0 Å². The molecular formula is C19H13N9O6. The number of hydrogen-bond acceptors (Lipinski definition) is 12. The Morgan fingerprint density at radius 2 is 2.06 bits per heavy atom. The second-order valence-electron chi connectivity index (χ2n) is 6.79. The second kappa shape index (κ2) is 8.30. The number of aromatic nitrogens is 5. The minimum atomic E-state index is -0.712. The van der Waals surface area contributed by atoms with Crippen molar-refractivity contribution in [1.29, 1.82) is 0 Å². The first-order valence-corrected chi connectivity index (χ1v) is 9.53. The SMILES string of the molecule is Nc1nonc1-n1nnc(C(=O)NN=Cc2cccc([N+](=O)[O-])c2)c1-c1ccc2c(c1)OCO2. The number of non-ortho nitro benzene ring substituents is 1.